The number of hydrogen-bond donors (Lipinski definition) is 2. The number of aromatic nitrogens is 2. The van der Waals surface area contributed by atoms with Crippen molar-refractivity contribution in [3.05, 3.63) is 39.3 Å². The highest BCUT2D eigenvalue weighted by Crippen LogP contribution is 2.32. The summed E-state index contributed by atoms with van der Waals surface area (Å²) in [5.74, 6) is -0.184. The zero-order valence-electron chi connectivity index (χ0n) is 10.7. The van der Waals surface area contributed by atoms with Crippen LogP contribution in [0.3, 0.4) is 0 Å². The highest BCUT2D eigenvalue weighted by molar-refractivity contribution is 7.21. The number of carbonyl (C=O) groups is 1. The van der Waals surface area contributed by atoms with Crippen molar-refractivity contribution in [3.8, 4) is 0 Å². The van der Waals surface area contributed by atoms with Gasteiger partial charge in [-0.05, 0) is 19.1 Å². The lowest BCUT2D eigenvalue weighted by molar-refractivity contribution is 0.0955. The van der Waals surface area contributed by atoms with Crippen LogP contribution < -0.4 is 11.1 Å². The predicted octanol–water partition coefficient (Wildman–Crippen LogP) is 2.57. The van der Waals surface area contributed by atoms with E-state index in [0.29, 0.717) is 17.1 Å². The molecular formula is C13H12N4OS2. The molecule has 7 heteroatoms. The fraction of sp³-hybridized carbons (Fsp3) is 0.154. The Morgan fingerprint density at radius 3 is 3.05 bits per heavy atom. The second-order valence-electron chi connectivity index (χ2n) is 4.31. The van der Waals surface area contributed by atoms with Crippen LogP contribution in [0.15, 0.2) is 23.0 Å². The topological polar surface area (TPSA) is 80.9 Å². The average molecular weight is 304 g/mol. The van der Waals surface area contributed by atoms with Gasteiger partial charge in [0.25, 0.3) is 5.91 Å². The molecule has 0 aromatic carbocycles. The van der Waals surface area contributed by atoms with Crippen molar-refractivity contribution in [1.82, 2.24) is 15.3 Å². The number of amides is 1. The van der Waals surface area contributed by atoms with Crippen LogP contribution in [0.2, 0.25) is 0 Å². The standard InChI is InChI=1S/C13H12N4OS2/c1-7-2-3-9-10(14)11(20-13(9)17-7)12(18)15-4-8-5-19-6-16-8/h2-3,5-6H,4,14H2,1H3,(H,15,18). The molecule has 0 bridgehead atoms. The molecule has 5 nitrogen and oxygen atoms in total. The van der Waals surface area contributed by atoms with Crippen molar-refractivity contribution in [2.75, 3.05) is 5.73 Å². The largest absolute Gasteiger partial charge is 0.397 e. The number of hydrogen-bond acceptors (Lipinski definition) is 6. The number of nitrogen functional groups attached to an aromatic ring is 1. The van der Waals surface area contributed by atoms with Crippen LogP contribution >= 0.6 is 22.7 Å². The van der Waals surface area contributed by atoms with Crippen molar-refractivity contribution in [2.24, 2.45) is 0 Å². The van der Waals surface area contributed by atoms with Crippen molar-refractivity contribution in [2.45, 2.75) is 13.5 Å². The van der Waals surface area contributed by atoms with Gasteiger partial charge in [-0.1, -0.05) is 0 Å². The number of thiophene rings is 1. The number of rotatable bonds is 3. The van der Waals surface area contributed by atoms with E-state index in [1.54, 1.807) is 5.51 Å². The van der Waals surface area contributed by atoms with Gasteiger partial charge in [0.05, 0.1) is 23.4 Å². The molecule has 102 valence electrons. The molecule has 3 aromatic heterocycles. The third-order valence-corrected chi connectivity index (χ3v) is 4.60. The number of nitrogens with one attached hydrogen (secondary N) is 1. The van der Waals surface area contributed by atoms with E-state index >= 15 is 0 Å². The predicted molar refractivity (Wildman–Crippen MR) is 82.1 cm³/mol. The summed E-state index contributed by atoms with van der Waals surface area (Å²) in [5, 5.41) is 5.56. The molecule has 0 unspecified atom stereocenters. The first-order valence-electron chi connectivity index (χ1n) is 5.96. The SMILES string of the molecule is Cc1ccc2c(N)c(C(=O)NCc3cscn3)sc2n1. The minimum absolute atomic E-state index is 0.184. The van der Waals surface area contributed by atoms with Crippen molar-refractivity contribution in [1.29, 1.82) is 0 Å². The molecule has 3 aromatic rings. The van der Waals surface area contributed by atoms with E-state index in [0.717, 1.165) is 21.6 Å². The summed E-state index contributed by atoms with van der Waals surface area (Å²) in [7, 11) is 0. The summed E-state index contributed by atoms with van der Waals surface area (Å²) in [6, 6.07) is 3.79. The molecule has 0 aliphatic rings. The Balaban J connectivity index is 1.85. The summed E-state index contributed by atoms with van der Waals surface area (Å²) in [4.78, 5) is 22.0. The molecule has 0 radical (unpaired) electrons. The number of fused-ring (bicyclic) bond motifs is 1. The molecule has 0 fully saturated rings. The fourth-order valence-electron chi connectivity index (χ4n) is 1.83. The average Bonchev–Trinajstić information content (AvgIpc) is 3.04. The second kappa shape index (κ2) is 5.18. The quantitative estimate of drug-likeness (QED) is 0.779. The van der Waals surface area contributed by atoms with Gasteiger partial charge in [-0.25, -0.2) is 9.97 Å². The normalized spacial score (nSPS) is 10.8. The highest BCUT2D eigenvalue weighted by Gasteiger charge is 2.17. The minimum atomic E-state index is -0.184. The number of anilines is 1. The van der Waals surface area contributed by atoms with E-state index < -0.39 is 0 Å². The van der Waals surface area contributed by atoms with Gasteiger partial charge in [0.15, 0.2) is 0 Å². The second-order valence-corrected chi connectivity index (χ2v) is 6.03. The van der Waals surface area contributed by atoms with Gasteiger partial charge in [0.2, 0.25) is 0 Å². The Kier molecular flexibility index (Phi) is 3.37. The lowest BCUT2D eigenvalue weighted by atomic mass is 10.2. The number of nitrogens with two attached hydrogens (primary N) is 1. The molecule has 20 heavy (non-hydrogen) atoms. The van der Waals surface area contributed by atoms with Crippen LogP contribution in [0.1, 0.15) is 21.1 Å². The molecule has 3 N–H and O–H groups in total. The highest BCUT2D eigenvalue weighted by atomic mass is 32.1. The van der Waals surface area contributed by atoms with Crippen LogP contribution in [-0.4, -0.2) is 15.9 Å². The van der Waals surface area contributed by atoms with E-state index in [1.165, 1.54) is 22.7 Å². The number of thiazole rings is 1. The smallest absolute Gasteiger partial charge is 0.263 e. The summed E-state index contributed by atoms with van der Waals surface area (Å²) in [6.45, 7) is 2.32. The minimum Gasteiger partial charge on any atom is -0.397 e. The molecule has 0 saturated heterocycles. The zero-order chi connectivity index (χ0) is 14.1. The maximum atomic E-state index is 12.2. The molecule has 0 spiro atoms. The monoisotopic (exact) mass is 304 g/mol. The van der Waals surface area contributed by atoms with Crippen LogP contribution in [0.5, 0.6) is 0 Å². The van der Waals surface area contributed by atoms with Crippen molar-refractivity contribution >= 4 is 44.5 Å². The Bertz CT molecular complexity index is 764. The molecule has 1 amide bonds. The number of aryl methyl sites for hydroxylation is 1. The van der Waals surface area contributed by atoms with Crippen molar-refractivity contribution < 1.29 is 4.79 Å². The first-order valence-corrected chi connectivity index (χ1v) is 7.72. The first-order chi connectivity index (χ1) is 9.65. The van der Waals surface area contributed by atoms with Crippen molar-refractivity contribution in [3.63, 3.8) is 0 Å². The number of carbonyl (C=O) groups excluding carboxylic acids is 1. The lowest BCUT2D eigenvalue weighted by Gasteiger charge is -2.01. The van der Waals surface area contributed by atoms with Gasteiger partial charge >= 0.3 is 0 Å². The maximum Gasteiger partial charge on any atom is 0.263 e. The Morgan fingerprint density at radius 1 is 1.45 bits per heavy atom. The third kappa shape index (κ3) is 2.37. The molecule has 0 saturated carbocycles. The van der Waals surface area contributed by atoms with Gasteiger partial charge in [-0.15, -0.1) is 22.7 Å². The van der Waals surface area contributed by atoms with E-state index in [2.05, 4.69) is 15.3 Å². The van der Waals surface area contributed by atoms with Crippen LogP contribution in [0.25, 0.3) is 10.2 Å². The molecule has 0 aliphatic carbocycles. The van der Waals surface area contributed by atoms with Gasteiger partial charge < -0.3 is 11.1 Å². The number of pyridine rings is 1. The van der Waals surface area contributed by atoms with Crippen LogP contribution in [0, 0.1) is 6.92 Å². The molecular weight excluding hydrogens is 292 g/mol. The Labute approximate surface area is 123 Å². The van der Waals surface area contributed by atoms with Gasteiger partial charge in [0.1, 0.15) is 9.71 Å². The zero-order valence-corrected chi connectivity index (χ0v) is 12.3. The summed E-state index contributed by atoms with van der Waals surface area (Å²) in [6.07, 6.45) is 0. The van der Waals surface area contributed by atoms with Gasteiger partial charge in [-0.2, -0.15) is 0 Å². The molecule has 3 heterocycles. The molecule has 0 aliphatic heterocycles. The van der Waals surface area contributed by atoms with E-state index in [-0.39, 0.29) is 5.91 Å². The fourth-order valence-corrected chi connectivity index (χ4v) is 3.45. The number of nitrogens with zero attached hydrogens (tertiary/aromatic N) is 2. The van der Waals surface area contributed by atoms with Gasteiger partial charge in [-0.3, -0.25) is 4.79 Å². The Hall–Kier alpha value is -1.99. The van der Waals surface area contributed by atoms with Crippen LogP contribution in [0.4, 0.5) is 5.69 Å². The van der Waals surface area contributed by atoms with E-state index in [4.69, 9.17) is 5.73 Å². The summed E-state index contributed by atoms with van der Waals surface area (Å²) in [5.41, 5.74) is 10.0. The summed E-state index contributed by atoms with van der Waals surface area (Å²) >= 11 is 2.82. The maximum absolute atomic E-state index is 12.2. The molecule has 0 atom stereocenters. The first kappa shape index (κ1) is 13.0. The van der Waals surface area contributed by atoms with Gasteiger partial charge in [0, 0.05) is 16.5 Å². The lowest BCUT2D eigenvalue weighted by Crippen LogP contribution is -2.22. The van der Waals surface area contributed by atoms with Crippen LogP contribution in [-0.2, 0) is 6.54 Å². The summed E-state index contributed by atoms with van der Waals surface area (Å²) < 4.78 is 0. The van der Waals surface area contributed by atoms with E-state index in [1.807, 2.05) is 24.4 Å². The Morgan fingerprint density at radius 2 is 2.30 bits per heavy atom. The molecule has 3 rings (SSSR count). The third-order valence-electron chi connectivity index (χ3n) is 2.85. The van der Waals surface area contributed by atoms with E-state index in [9.17, 15) is 4.79 Å².